The molecule has 1 aliphatic carbocycles. The van der Waals surface area contributed by atoms with Crippen molar-refractivity contribution >= 4 is 57.4 Å². The average Bonchev–Trinajstić information content (AvgIpc) is 3.96. The van der Waals surface area contributed by atoms with Crippen LogP contribution < -0.4 is 25.4 Å². The molecule has 17 nitrogen and oxygen atoms in total. The van der Waals surface area contributed by atoms with Crippen LogP contribution in [0.3, 0.4) is 0 Å². The Morgan fingerprint density at radius 3 is 2.21 bits per heavy atom. The third kappa shape index (κ3) is 14.3. The molecule has 3 N–H and O–H groups in total. The maximum absolute atomic E-state index is 15.1. The second kappa shape index (κ2) is 20.8. The molecule has 0 radical (unpaired) electrons. The first-order valence-electron chi connectivity index (χ1n) is 21.9. The number of halogens is 1. The zero-order valence-corrected chi connectivity index (χ0v) is 39.0. The van der Waals surface area contributed by atoms with Crippen LogP contribution in [0.1, 0.15) is 65.5 Å². The SMILES string of the molecule is CC(C)(C)OC(=O)N[C@@H](Cc1ccc(OC(=O)OC(C)(C)C)cc1)C(=O)OCC(=O)N1CCN(Cc2ccc(-c3cc4nccc(Oc5ccc(NC(=O)NC6CC6)cc5F)c4s3)nc2)CC1. The van der Waals surface area contributed by atoms with Crippen LogP contribution in [0.15, 0.2) is 79.1 Å². The van der Waals surface area contributed by atoms with Crippen LogP contribution in [0.25, 0.3) is 20.8 Å². The summed E-state index contributed by atoms with van der Waals surface area (Å²) in [6.45, 7) is 12.3. The van der Waals surface area contributed by atoms with Gasteiger partial charge in [-0.1, -0.05) is 18.2 Å². The van der Waals surface area contributed by atoms with Gasteiger partial charge < -0.3 is 44.5 Å². The lowest BCUT2D eigenvalue weighted by Crippen LogP contribution is -2.50. The highest BCUT2D eigenvalue weighted by Gasteiger charge is 2.29. The summed E-state index contributed by atoms with van der Waals surface area (Å²) in [4.78, 5) is 77.4. The highest BCUT2D eigenvalue weighted by Crippen LogP contribution is 2.39. The first-order valence-corrected chi connectivity index (χ1v) is 22.7. The molecule has 1 saturated heterocycles. The number of thiophene rings is 1. The topological polar surface area (TPSA) is 200 Å². The average molecular weight is 940 g/mol. The second-order valence-corrected chi connectivity index (χ2v) is 19.2. The Hall–Kier alpha value is -6.86. The van der Waals surface area contributed by atoms with Crippen molar-refractivity contribution < 1.29 is 52.0 Å². The minimum Gasteiger partial charge on any atom is -0.454 e. The summed E-state index contributed by atoms with van der Waals surface area (Å²) in [5.41, 5.74) is 1.77. The molecule has 1 saturated carbocycles. The number of rotatable bonds is 14. The van der Waals surface area contributed by atoms with Crippen molar-refractivity contribution in [3.8, 4) is 27.8 Å². The molecule has 19 heteroatoms. The predicted octanol–water partition coefficient (Wildman–Crippen LogP) is 8.21. The molecule has 1 atom stereocenters. The van der Waals surface area contributed by atoms with Crippen molar-refractivity contribution in [3.63, 3.8) is 0 Å². The summed E-state index contributed by atoms with van der Waals surface area (Å²) in [7, 11) is 0. The van der Waals surface area contributed by atoms with Crippen LogP contribution in [-0.2, 0) is 36.8 Å². The van der Waals surface area contributed by atoms with Gasteiger partial charge in [0, 0.05) is 75.4 Å². The molecule has 3 aromatic heterocycles. The van der Waals surface area contributed by atoms with Crippen LogP contribution in [0.2, 0.25) is 0 Å². The van der Waals surface area contributed by atoms with E-state index in [2.05, 4.69) is 25.8 Å². The van der Waals surface area contributed by atoms with E-state index < -0.39 is 47.9 Å². The van der Waals surface area contributed by atoms with Crippen molar-refractivity contribution in [3.05, 3.63) is 96.1 Å². The first kappa shape index (κ1) is 48.1. The number of ether oxygens (including phenoxy) is 5. The molecule has 1 aliphatic heterocycles. The zero-order valence-electron chi connectivity index (χ0n) is 38.2. The summed E-state index contributed by atoms with van der Waals surface area (Å²) in [5, 5.41) is 8.01. The number of carbonyl (C=O) groups is 5. The van der Waals surface area contributed by atoms with E-state index in [1.165, 1.54) is 35.6 Å². The molecule has 0 unspecified atom stereocenters. The van der Waals surface area contributed by atoms with Gasteiger partial charge in [-0.15, -0.1) is 11.3 Å². The van der Waals surface area contributed by atoms with Gasteiger partial charge in [0.05, 0.1) is 20.8 Å². The highest BCUT2D eigenvalue weighted by atomic mass is 32.1. The fourth-order valence-corrected chi connectivity index (χ4v) is 7.87. The van der Waals surface area contributed by atoms with Gasteiger partial charge in [0.15, 0.2) is 18.2 Å². The van der Waals surface area contributed by atoms with Crippen LogP contribution in [-0.4, -0.2) is 106 Å². The summed E-state index contributed by atoms with van der Waals surface area (Å²) < 4.78 is 43.0. The highest BCUT2D eigenvalue weighted by molar-refractivity contribution is 7.22. The number of anilines is 1. The summed E-state index contributed by atoms with van der Waals surface area (Å²) in [6.07, 6.45) is 3.62. The van der Waals surface area contributed by atoms with Gasteiger partial charge in [-0.2, -0.15) is 0 Å². The minimum atomic E-state index is -1.18. The normalized spacial score (nSPS) is 14.7. The standard InChI is InChI=1S/C48H54FN7O10S/c1-47(2,3)65-45(60)54-37(23-29-7-13-33(14-8-29)63-46(61)66-48(4,5)6)43(58)62-28-41(57)56-21-19-55(20-22-56)27-30-9-15-35(51-26-30)40-25-36-42(67-40)39(17-18-50-36)64-38-16-12-32(24-34(38)49)53-44(59)52-31-10-11-31/h7-9,12-18,24-26,31,37H,10-11,19-23,27-28H2,1-6H3,(H,54,60)(H2,52,53,59)/t37-/m0/s1. The number of aromatic nitrogens is 2. The van der Waals surface area contributed by atoms with Gasteiger partial charge in [0.25, 0.3) is 5.91 Å². The molecular formula is C48H54FN7O10S. The van der Waals surface area contributed by atoms with Crippen molar-refractivity contribution in [2.75, 3.05) is 38.1 Å². The number of amides is 4. The first-order chi connectivity index (χ1) is 31.8. The zero-order chi connectivity index (χ0) is 47.9. The van der Waals surface area contributed by atoms with E-state index >= 15 is 4.39 Å². The second-order valence-electron chi connectivity index (χ2n) is 18.2. The molecule has 4 amide bonds. The number of fused-ring (bicyclic) bond motifs is 1. The van der Waals surface area contributed by atoms with Gasteiger partial charge in [-0.25, -0.2) is 23.6 Å². The Morgan fingerprint density at radius 1 is 0.836 bits per heavy atom. The predicted molar refractivity (Wildman–Crippen MR) is 247 cm³/mol. The van der Waals surface area contributed by atoms with Crippen molar-refractivity contribution in [1.29, 1.82) is 0 Å². The maximum Gasteiger partial charge on any atom is 0.514 e. The Morgan fingerprint density at radius 2 is 1.55 bits per heavy atom. The fourth-order valence-electron chi connectivity index (χ4n) is 6.82. The van der Waals surface area contributed by atoms with Crippen molar-refractivity contribution in [2.45, 2.75) is 90.6 Å². The maximum atomic E-state index is 15.1. The number of pyridine rings is 2. The lowest BCUT2D eigenvalue weighted by atomic mass is 10.1. The summed E-state index contributed by atoms with van der Waals surface area (Å²) >= 11 is 1.43. The monoisotopic (exact) mass is 939 g/mol. The van der Waals surface area contributed by atoms with Crippen LogP contribution >= 0.6 is 11.3 Å². The number of hydrogen-bond donors (Lipinski definition) is 3. The molecular weight excluding hydrogens is 886 g/mol. The minimum absolute atomic E-state index is 0.00565. The molecule has 0 bridgehead atoms. The third-order valence-electron chi connectivity index (χ3n) is 10.2. The number of urea groups is 1. The molecule has 4 heterocycles. The Kier molecular flexibility index (Phi) is 14.9. The van der Waals surface area contributed by atoms with E-state index in [0.29, 0.717) is 55.2 Å². The lowest BCUT2D eigenvalue weighted by molar-refractivity contribution is -0.154. The van der Waals surface area contributed by atoms with Gasteiger partial charge in [-0.05, 0) is 102 Å². The molecule has 5 aromatic rings. The Labute approximate surface area is 391 Å². The van der Waals surface area contributed by atoms with Crippen LogP contribution in [0, 0.1) is 5.82 Å². The number of esters is 1. The largest absolute Gasteiger partial charge is 0.514 e. The van der Waals surface area contributed by atoms with Gasteiger partial charge in [0.1, 0.15) is 28.7 Å². The van der Waals surface area contributed by atoms with Gasteiger partial charge in [-0.3, -0.25) is 19.7 Å². The Balaban J connectivity index is 0.886. The molecule has 67 heavy (non-hydrogen) atoms. The van der Waals surface area contributed by atoms with Crippen molar-refractivity contribution in [2.24, 2.45) is 0 Å². The summed E-state index contributed by atoms with van der Waals surface area (Å²) in [5.74, 6) is -1.12. The number of piperazine rings is 1. The fraction of sp³-hybridized carbons (Fsp3) is 0.396. The molecule has 0 spiro atoms. The van der Waals surface area contributed by atoms with Gasteiger partial charge in [0.2, 0.25) is 0 Å². The van der Waals surface area contributed by atoms with E-state index in [4.69, 9.17) is 28.7 Å². The Bertz CT molecular complexity index is 2580. The number of nitrogens with zero attached hydrogens (tertiary/aromatic N) is 4. The third-order valence-corrected chi connectivity index (χ3v) is 11.3. The van der Waals surface area contributed by atoms with Crippen LogP contribution in [0.5, 0.6) is 17.2 Å². The van der Waals surface area contributed by atoms with E-state index in [1.807, 2.05) is 24.4 Å². The molecule has 354 valence electrons. The number of benzene rings is 2. The molecule has 2 aromatic carbocycles. The van der Waals surface area contributed by atoms with E-state index in [9.17, 15) is 24.0 Å². The number of carbonyl (C=O) groups excluding carboxylic acids is 5. The molecule has 2 aliphatic rings. The summed E-state index contributed by atoms with van der Waals surface area (Å²) in [6, 6.07) is 16.7. The van der Waals surface area contributed by atoms with E-state index in [-0.39, 0.29) is 35.9 Å². The molecule has 7 rings (SSSR count). The number of nitrogens with one attached hydrogen (secondary N) is 3. The van der Waals surface area contributed by atoms with Crippen LogP contribution in [0.4, 0.5) is 24.5 Å². The quantitative estimate of drug-likeness (QED) is 0.0547. The number of hydrogen-bond acceptors (Lipinski definition) is 14. The van der Waals surface area contributed by atoms with E-state index in [0.717, 1.165) is 33.7 Å². The number of alkyl carbamates (subject to hydrolysis) is 1. The van der Waals surface area contributed by atoms with Crippen molar-refractivity contribution in [1.82, 2.24) is 30.4 Å². The molecule has 2 fully saturated rings. The smallest absolute Gasteiger partial charge is 0.454 e. The van der Waals surface area contributed by atoms with E-state index in [1.54, 1.807) is 76.9 Å². The van der Waals surface area contributed by atoms with Gasteiger partial charge >= 0.3 is 24.2 Å². The lowest BCUT2D eigenvalue weighted by Gasteiger charge is -2.34.